The van der Waals surface area contributed by atoms with Crippen LogP contribution in [-0.2, 0) is 0 Å². The molecular weight excluding hydrogens is 245 g/mol. The van der Waals surface area contributed by atoms with Crippen LogP contribution in [0.5, 0.6) is 0 Å². The third-order valence-electron chi connectivity index (χ3n) is 3.51. The summed E-state index contributed by atoms with van der Waals surface area (Å²) in [4.78, 5) is 7.77. The lowest BCUT2D eigenvalue weighted by atomic mass is 9.78. The summed E-state index contributed by atoms with van der Waals surface area (Å²) in [7, 11) is 0. The first-order valence-electron chi connectivity index (χ1n) is 5.99. The van der Waals surface area contributed by atoms with Crippen LogP contribution in [0.2, 0.25) is 0 Å². The van der Waals surface area contributed by atoms with Crippen molar-refractivity contribution in [3.05, 3.63) is 24.3 Å². The van der Waals surface area contributed by atoms with Gasteiger partial charge in [0.15, 0.2) is 0 Å². The van der Waals surface area contributed by atoms with Gasteiger partial charge in [0, 0.05) is 12.4 Å². The normalized spacial score (nSPS) is 26.9. The van der Waals surface area contributed by atoms with Crippen LogP contribution < -0.4 is 0 Å². The maximum absolute atomic E-state index is 12.7. The van der Waals surface area contributed by atoms with Crippen LogP contribution in [0.1, 0.15) is 37.5 Å². The van der Waals surface area contributed by atoms with Crippen LogP contribution >= 0.6 is 0 Å². The number of rotatable bonds is 2. The highest BCUT2D eigenvalue weighted by Gasteiger charge is 2.43. The number of hydrogen-bond donors (Lipinski definition) is 1. The van der Waals surface area contributed by atoms with E-state index in [-0.39, 0.29) is 18.8 Å². The Balaban J connectivity index is 2.05. The number of alkyl halides is 3. The molecule has 18 heavy (non-hydrogen) atoms. The summed E-state index contributed by atoms with van der Waals surface area (Å²) in [6.07, 6.45) is 0.412. The highest BCUT2D eigenvalue weighted by molar-refractivity contribution is 5.02. The lowest BCUT2D eigenvalue weighted by molar-refractivity contribution is -0.189. The zero-order valence-electron chi connectivity index (χ0n) is 9.77. The van der Waals surface area contributed by atoms with Crippen molar-refractivity contribution in [2.45, 2.75) is 38.0 Å². The largest absolute Gasteiger partial charge is 0.391 e. The molecule has 6 heteroatoms. The molecule has 1 heterocycles. The summed E-state index contributed by atoms with van der Waals surface area (Å²) in [5, 5.41) is 10.1. The second-order valence-electron chi connectivity index (χ2n) is 4.74. The van der Waals surface area contributed by atoms with E-state index in [1.807, 2.05) is 0 Å². The average Bonchev–Trinajstić information content (AvgIpc) is 2.38. The number of nitrogens with zero attached hydrogens (tertiary/aromatic N) is 2. The van der Waals surface area contributed by atoms with Gasteiger partial charge in [-0.05, 0) is 25.2 Å². The first-order chi connectivity index (χ1) is 8.48. The molecule has 3 nitrogen and oxygen atoms in total. The Morgan fingerprint density at radius 3 is 2.67 bits per heavy atom. The van der Waals surface area contributed by atoms with Crippen molar-refractivity contribution in [1.82, 2.24) is 9.97 Å². The quantitative estimate of drug-likeness (QED) is 0.889. The molecule has 1 N–H and O–H groups in total. The molecule has 1 fully saturated rings. The van der Waals surface area contributed by atoms with E-state index in [1.165, 1.54) is 18.6 Å². The van der Waals surface area contributed by atoms with Crippen LogP contribution in [0.4, 0.5) is 13.2 Å². The summed E-state index contributed by atoms with van der Waals surface area (Å²) in [5.41, 5.74) is 0.352. The summed E-state index contributed by atoms with van der Waals surface area (Å²) in [6, 6.07) is 0. The molecule has 0 spiro atoms. The molecule has 0 aromatic carbocycles. The van der Waals surface area contributed by atoms with Gasteiger partial charge in [-0.25, -0.2) is 0 Å². The molecule has 1 aromatic rings. The first-order valence-corrected chi connectivity index (χ1v) is 5.99. The Bertz CT molecular complexity index is 383. The Kier molecular flexibility index (Phi) is 3.85. The Morgan fingerprint density at radius 2 is 2.06 bits per heavy atom. The molecule has 2 rings (SSSR count). The summed E-state index contributed by atoms with van der Waals surface area (Å²) in [5.74, 6) is -1.69. The van der Waals surface area contributed by atoms with Crippen LogP contribution in [0.15, 0.2) is 18.6 Å². The minimum atomic E-state index is -4.17. The van der Waals surface area contributed by atoms with Gasteiger partial charge in [-0.1, -0.05) is 6.42 Å². The van der Waals surface area contributed by atoms with Gasteiger partial charge in [-0.15, -0.1) is 0 Å². The van der Waals surface area contributed by atoms with E-state index in [0.717, 1.165) is 0 Å². The fraction of sp³-hybridized carbons (Fsp3) is 0.667. The second-order valence-corrected chi connectivity index (χ2v) is 4.74. The number of aliphatic hydroxyl groups is 1. The molecule has 1 aliphatic rings. The van der Waals surface area contributed by atoms with Gasteiger partial charge in [0.1, 0.15) is 6.10 Å². The zero-order valence-corrected chi connectivity index (χ0v) is 9.77. The smallest absolute Gasteiger partial charge is 0.386 e. The minimum Gasteiger partial charge on any atom is -0.386 e. The lowest BCUT2D eigenvalue weighted by Gasteiger charge is -2.32. The number of aromatic nitrogens is 2. The highest BCUT2D eigenvalue weighted by atomic mass is 19.4. The second kappa shape index (κ2) is 5.22. The van der Waals surface area contributed by atoms with E-state index in [2.05, 4.69) is 9.97 Å². The molecule has 1 aromatic heterocycles. The highest BCUT2D eigenvalue weighted by Crippen LogP contribution is 2.43. The Morgan fingerprint density at radius 1 is 1.28 bits per heavy atom. The van der Waals surface area contributed by atoms with Crippen molar-refractivity contribution in [2.24, 2.45) is 11.8 Å². The fourth-order valence-corrected chi connectivity index (χ4v) is 2.52. The van der Waals surface area contributed by atoms with E-state index >= 15 is 0 Å². The maximum Gasteiger partial charge on any atom is 0.391 e. The van der Waals surface area contributed by atoms with E-state index in [4.69, 9.17) is 0 Å². The first kappa shape index (κ1) is 13.3. The predicted molar refractivity (Wildman–Crippen MR) is 58.5 cm³/mol. The molecule has 0 saturated heterocycles. The van der Waals surface area contributed by atoms with Gasteiger partial charge < -0.3 is 5.11 Å². The molecular formula is C12H15F3N2O. The third kappa shape index (κ3) is 2.98. The number of aliphatic hydroxyl groups excluding tert-OH is 1. The summed E-state index contributed by atoms with van der Waals surface area (Å²) in [6.45, 7) is 0. The third-order valence-corrected chi connectivity index (χ3v) is 3.51. The van der Waals surface area contributed by atoms with Crippen molar-refractivity contribution in [3.8, 4) is 0 Å². The fourth-order valence-electron chi connectivity index (χ4n) is 2.52. The van der Waals surface area contributed by atoms with Gasteiger partial charge in [-0.3, -0.25) is 9.97 Å². The molecule has 1 aliphatic carbocycles. The average molecular weight is 260 g/mol. The van der Waals surface area contributed by atoms with Crippen LogP contribution in [0, 0.1) is 11.8 Å². The molecule has 3 atom stereocenters. The molecule has 3 unspecified atom stereocenters. The van der Waals surface area contributed by atoms with Gasteiger partial charge in [-0.2, -0.15) is 13.2 Å². The van der Waals surface area contributed by atoms with Gasteiger partial charge in [0.2, 0.25) is 0 Å². The molecule has 1 saturated carbocycles. The van der Waals surface area contributed by atoms with E-state index in [1.54, 1.807) is 0 Å². The minimum absolute atomic E-state index is 0.0265. The molecule has 0 aliphatic heterocycles. The van der Waals surface area contributed by atoms with Crippen LogP contribution in [0.25, 0.3) is 0 Å². The number of hydrogen-bond acceptors (Lipinski definition) is 3. The monoisotopic (exact) mass is 260 g/mol. The maximum atomic E-state index is 12.7. The van der Waals surface area contributed by atoms with Gasteiger partial charge in [0.25, 0.3) is 0 Å². The van der Waals surface area contributed by atoms with Crippen molar-refractivity contribution >= 4 is 0 Å². The van der Waals surface area contributed by atoms with Gasteiger partial charge in [0.05, 0.1) is 17.8 Å². The van der Waals surface area contributed by atoms with Crippen molar-refractivity contribution < 1.29 is 18.3 Å². The van der Waals surface area contributed by atoms with Crippen molar-refractivity contribution in [2.75, 3.05) is 0 Å². The molecule has 0 bridgehead atoms. The summed E-state index contributed by atoms with van der Waals surface area (Å²) < 4.78 is 38.0. The van der Waals surface area contributed by atoms with Crippen LogP contribution in [0.3, 0.4) is 0 Å². The Labute approximate surface area is 103 Å². The van der Waals surface area contributed by atoms with E-state index in [9.17, 15) is 18.3 Å². The topological polar surface area (TPSA) is 46.0 Å². The molecule has 0 amide bonds. The van der Waals surface area contributed by atoms with Crippen molar-refractivity contribution in [1.29, 1.82) is 0 Å². The van der Waals surface area contributed by atoms with E-state index < -0.39 is 18.2 Å². The van der Waals surface area contributed by atoms with Gasteiger partial charge >= 0.3 is 6.18 Å². The lowest BCUT2D eigenvalue weighted by Crippen LogP contribution is -2.31. The molecule has 100 valence electrons. The predicted octanol–water partition coefficient (Wildman–Crippen LogP) is 2.88. The van der Waals surface area contributed by atoms with Crippen LogP contribution in [-0.4, -0.2) is 21.3 Å². The summed E-state index contributed by atoms with van der Waals surface area (Å²) >= 11 is 0. The Hall–Kier alpha value is -1.17. The zero-order chi connectivity index (χ0) is 13.2. The molecule has 0 radical (unpaired) electrons. The standard InChI is InChI=1S/C12H15F3N2O/c13-12(14,15)9-3-1-2-8(6-9)11(18)10-7-16-4-5-17-10/h4-5,7-9,11,18H,1-3,6H2. The number of halogens is 3. The van der Waals surface area contributed by atoms with Crippen molar-refractivity contribution in [3.63, 3.8) is 0 Å². The SMILES string of the molecule is OC(c1cnccn1)C1CCCC(C(F)(F)F)C1. The van der Waals surface area contributed by atoms with E-state index in [0.29, 0.717) is 18.5 Å².